The van der Waals surface area contributed by atoms with Gasteiger partial charge in [-0.1, -0.05) is 17.7 Å². The van der Waals surface area contributed by atoms with Crippen LogP contribution < -0.4 is 0 Å². The van der Waals surface area contributed by atoms with Crippen LogP contribution in [0.4, 0.5) is 0 Å². The zero-order valence-electron chi connectivity index (χ0n) is 9.41. The van der Waals surface area contributed by atoms with Gasteiger partial charge in [-0.2, -0.15) is 0 Å². The van der Waals surface area contributed by atoms with Crippen LogP contribution in [0.1, 0.15) is 12.2 Å². The van der Waals surface area contributed by atoms with E-state index in [0.29, 0.717) is 18.8 Å². The second-order valence-electron chi connectivity index (χ2n) is 3.58. The third-order valence-corrected chi connectivity index (χ3v) is 2.67. The minimum Gasteiger partial charge on any atom is -0.274 e. The third-order valence-electron chi connectivity index (χ3n) is 2.35. The van der Waals surface area contributed by atoms with Crippen LogP contribution in [0.3, 0.4) is 0 Å². The van der Waals surface area contributed by atoms with Crippen molar-refractivity contribution in [3.05, 3.63) is 41.5 Å². The van der Waals surface area contributed by atoms with Gasteiger partial charge in [-0.3, -0.25) is 14.5 Å². The first-order valence-electron chi connectivity index (χ1n) is 5.35. The molecule has 2 rings (SSSR count). The topological polar surface area (TPSA) is 63.2 Å². The van der Waals surface area contributed by atoms with Gasteiger partial charge in [0.15, 0.2) is 5.82 Å². The Morgan fingerprint density at radius 2 is 2.11 bits per heavy atom. The molecule has 18 heavy (non-hydrogen) atoms. The molecule has 1 aromatic heterocycles. The SMILES string of the molecule is O=C(C=Cc1ncccn1)N1CCC=C(Cl)C1=O. The molecule has 2 amide bonds. The average molecular weight is 264 g/mol. The largest absolute Gasteiger partial charge is 0.274 e. The van der Waals surface area contributed by atoms with E-state index in [1.165, 1.54) is 12.2 Å². The van der Waals surface area contributed by atoms with E-state index < -0.39 is 11.8 Å². The maximum absolute atomic E-state index is 11.8. The lowest BCUT2D eigenvalue weighted by atomic mass is 10.2. The van der Waals surface area contributed by atoms with Crippen molar-refractivity contribution in [3.63, 3.8) is 0 Å². The summed E-state index contributed by atoms with van der Waals surface area (Å²) in [4.78, 5) is 32.4. The summed E-state index contributed by atoms with van der Waals surface area (Å²) >= 11 is 5.69. The van der Waals surface area contributed by atoms with E-state index in [1.807, 2.05) is 0 Å². The van der Waals surface area contributed by atoms with Crippen molar-refractivity contribution in [2.45, 2.75) is 6.42 Å². The van der Waals surface area contributed by atoms with Crippen LogP contribution in [0.25, 0.3) is 6.08 Å². The molecule has 92 valence electrons. The van der Waals surface area contributed by atoms with Crippen LogP contribution >= 0.6 is 11.6 Å². The van der Waals surface area contributed by atoms with Crippen LogP contribution in [-0.4, -0.2) is 33.2 Å². The van der Waals surface area contributed by atoms with E-state index in [4.69, 9.17) is 11.6 Å². The van der Waals surface area contributed by atoms with E-state index >= 15 is 0 Å². The third kappa shape index (κ3) is 2.81. The van der Waals surface area contributed by atoms with Gasteiger partial charge in [-0.05, 0) is 18.6 Å². The van der Waals surface area contributed by atoms with Gasteiger partial charge >= 0.3 is 0 Å². The Kier molecular flexibility index (Phi) is 3.84. The summed E-state index contributed by atoms with van der Waals surface area (Å²) in [5.74, 6) is -0.470. The lowest BCUT2D eigenvalue weighted by Crippen LogP contribution is -2.38. The van der Waals surface area contributed by atoms with Gasteiger partial charge in [-0.15, -0.1) is 0 Å². The molecule has 0 saturated heterocycles. The van der Waals surface area contributed by atoms with Gasteiger partial charge in [0.2, 0.25) is 0 Å². The zero-order valence-corrected chi connectivity index (χ0v) is 10.2. The van der Waals surface area contributed by atoms with Gasteiger partial charge in [-0.25, -0.2) is 9.97 Å². The van der Waals surface area contributed by atoms with Crippen molar-refractivity contribution >= 4 is 29.5 Å². The standard InChI is InChI=1S/C12H10ClN3O2/c13-9-3-1-8-16(12(9)18)11(17)5-4-10-14-6-2-7-15-10/h2-7H,1,8H2. The van der Waals surface area contributed by atoms with Gasteiger partial charge < -0.3 is 0 Å². The number of carbonyl (C=O) groups excluding carboxylic acids is 2. The Morgan fingerprint density at radius 1 is 1.39 bits per heavy atom. The van der Waals surface area contributed by atoms with E-state index in [1.54, 1.807) is 24.5 Å². The summed E-state index contributed by atoms with van der Waals surface area (Å²) in [6, 6.07) is 1.68. The monoisotopic (exact) mass is 263 g/mol. The first kappa shape index (κ1) is 12.4. The smallest absolute Gasteiger partial charge is 0.271 e. The minimum absolute atomic E-state index is 0.0824. The number of nitrogens with zero attached hydrogens (tertiary/aromatic N) is 3. The summed E-state index contributed by atoms with van der Waals surface area (Å²) in [7, 11) is 0. The summed E-state index contributed by atoms with van der Waals surface area (Å²) in [5.41, 5.74) is 0. The summed E-state index contributed by atoms with van der Waals surface area (Å²) in [6.45, 7) is 0.341. The highest BCUT2D eigenvalue weighted by molar-refractivity contribution is 6.43. The Balaban J connectivity index is 2.07. The van der Waals surface area contributed by atoms with Gasteiger partial charge in [0.25, 0.3) is 11.8 Å². The highest BCUT2D eigenvalue weighted by Gasteiger charge is 2.24. The Morgan fingerprint density at radius 3 is 2.83 bits per heavy atom. The van der Waals surface area contributed by atoms with Crippen LogP contribution in [0, 0.1) is 0 Å². The van der Waals surface area contributed by atoms with Gasteiger partial charge in [0.1, 0.15) is 5.03 Å². The number of hydrogen-bond acceptors (Lipinski definition) is 4. The van der Waals surface area contributed by atoms with E-state index in [0.717, 1.165) is 4.90 Å². The number of rotatable bonds is 2. The maximum atomic E-state index is 11.8. The fourth-order valence-electron chi connectivity index (χ4n) is 1.48. The lowest BCUT2D eigenvalue weighted by molar-refractivity contribution is -0.139. The molecule has 1 aliphatic heterocycles. The van der Waals surface area contributed by atoms with Crippen molar-refractivity contribution < 1.29 is 9.59 Å². The molecular formula is C12H10ClN3O2. The molecule has 0 fully saturated rings. The molecule has 0 spiro atoms. The fraction of sp³-hybridized carbons (Fsp3) is 0.167. The minimum atomic E-state index is -0.466. The molecule has 0 aliphatic carbocycles. The molecule has 5 nitrogen and oxygen atoms in total. The quantitative estimate of drug-likeness (QED) is 0.756. The molecule has 0 saturated carbocycles. The molecule has 2 heterocycles. The first-order valence-corrected chi connectivity index (χ1v) is 5.73. The molecule has 0 unspecified atom stereocenters. The van der Waals surface area contributed by atoms with Crippen molar-refractivity contribution in [2.75, 3.05) is 6.54 Å². The lowest BCUT2D eigenvalue weighted by Gasteiger charge is -2.21. The van der Waals surface area contributed by atoms with Crippen molar-refractivity contribution in [1.82, 2.24) is 14.9 Å². The second-order valence-corrected chi connectivity index (χ2v) is 3.98. The Labute approximate surface area is 109 Å². The summed E-state index contributed by atoms with van der Waals surface area (Å²) < 4.78 is 0. The molecule has 1 aromatic rings. The molecule has 6 heteroatoms. The van der Waals surface area contributed by atoms with Crippen LogP contribution in [0.15, 0.2) is 35.6 Å². The molecular weight excluding hydrogens is 254 g/mol. The Hall–Kier alpha value is -2.01. The number of imide groups is 1. The average Bonchev–Trinajstić information content (AvgIpc) is 2.40. The fourth-order valence-corrected chi connectivity index (χ4v) is 1.69. The number of halogens is 1. The van der Waals surface area contributed by atoms with Crippen molar-refractivity contribution in [2.24, 2.45) is 0 Å². The predicted octanol–water partition coefficient (Wildman–Crippen LogP) is 1.37. The highest BCUT2D eigenvalue weighted by atomic mass is 35.5. The van der Waals surface area contributed by atoms with E-state index in [2.05, 4.69) is 9.97 Å². The summed E-state index contributed by atoms with van der Waals surface area (Å²) in [5, 5.41) is 0.0824. The Bertz CT molecular complexity index is 525. The first-order chi connectivity index (χ1) is 8.68. The summed E-state index contributed by atoms with van der Waals surface area (Å²) in [6.07, 6.45) is 8.06. The second kappa shape index (κ2) is 5.55. The molecule has 0 radical (unpaired) electrons. The number of hydrogen-bond donors (Lipinski definition) is 0. The van der Waals surface area contributed by atoms with Gasteiger partial charge in [0.05, 0.1) is 0 Å². The van der Waals surface area contributed by atoms with Crippen LogP contribution in [-0.2, 0) is 9.59 Å². The molecule has 0 aromatic carbocycles. The molecule has 0 atom stereocenters. The highest BCUT2D eigenvalue weighted by Crippen LogP contribution is 2.15. The number of aromatic nitrogens is 2. The molecule has 1 aliphatic rings. The van der Waals surface area contributed by atoms with Crippen LogP contribution in [0.5, 0.6) is 0 Å². The van der Waals surface area contributed by atoms with E-state index in [9.17, 15) is 9.59 Å². The van der Waals surface area contributed by atoms with Crippen LogP contribution in [0.2, 0.25) is 0 Å². The normalized spacial score (nSPS) is 15.9. The number of carbonyl (C=O) groups is 2. The number of amides is 2. The predicted molar refractivity (Wildman–Crippen MR) is 66.3 cm³/mol. The van der Waals surface area contributed by atoms with Gasteiger partial charge in [0, 0.05) is 25.0 Å². The van der Waals surface area contributed by atoms with Crippen molar-refractivity contribution in [3.8, 4) is 0 Å². The van der Waals surface area contributed by atoms with E-state index in [-0.39, 0.29) is 5.03 Å². The molecule has 0 bridgehead atoms. The maximum Gasteiger partial charge on any atom is 0.271 e. The zero-order chi connectivity index (χ0) is 13.0. The molecule has 0 N–H and O–H groups in total. The van der Waals surface area contributed by atoms with Crippen molar-refractivity contribution in [1.29, 1.82) is 0 Å².